The molecule has 1 atom stereocenters. The van der Waals surface area contributed by atoms with E-state index < -0.39 is 5.82 Å². The highest BCUT2D eigenvalue weighted by molar-refractivity contribution is 6.32. The molecule has 5 nitrogen and oxygen atoms in total. The van der Waals surface area contributed by atoms with Crippen molar-refractivity contribution in [2.75, 3.05) is 26.3 Å². The maximum absolute atomic E-state index is 13.9. The zero-order valence-electron chi connectivity index (χ0n) is 16.2. The number of nitrogens with zero attached hydrogens (tertiary/aromatic N) is 1. The van der Waals surface area contributed by atoms with E-state index in [1.165, 1.54) is 31.2 Å². The van der Waals surface area contributed by atoms with Gasteiger partial charge in [0.15, 0.2) is 5.78 Å². The largest absolute Gasteiger partial charge is 0.490 e. The summed E-state index contributed by atoms with van der Waals surface area (Å²) in [5, 5.41) is 0.677. The number of amides is 1. The highest BCUT2D eigenvalue weighted by Gasteiger charge is 2.24. The molecule has 2 aromatic rings. The van der Waals surface area contributed by atoms with Crippen LogP contribution in [0.4, 0.5) is 4.39 Å². The lowest BCUT2D eigenvalue weighted by Gasteiger charge is -2.32. The number of hydrogen-bond donors (Lipinski definition) is 0. The third kappa shape index (κ3) is 5.59. The molecule has 0 spiro atoms. The summed E-state index contributed by atoms with van der Waals surface area (Å²) < 4.78 is 25.3. The lowest BCUT2D eigenvalue weighted by molar-refractivity contribution is -0.134. The van der Waals surface area contributed by atoms with Gasteiger partial charge in [0, 0.05) is 23.2 Å². The molecule has 1 unspecified atom stereocenters. The molecular formula is C22H20Cl2FNO4. The molecule has 0 radical (unpaired) electrons. The first-order valence-electron chi connectivity index (χ1n) is 9.31. The minimum absolute atomic E-state index is 0.161. The third-order valence-corrected chi connectivity index (χ3v) is 5.15. The summed E-state index contributed by atoms with van der Waals surface area (Å²) in [5.74, 6) is -0.526. The van der Waals surface area contributed by atoms with Crippen LogP contribution in [-0.4, -0.2) is 49.0 Å². The van der Waals surface area contributed by atoms with Gasteiger partial charge in [-0.25, -0.2) is 4.39 Å². The molecule has 2 aromatic carbocycles. The maximum Gasteiger partial charge on any atom is 0.246 e. The maximum atomic E-state index is 13.9. The molecule has 30 heavy (non-hydrogen) atoms. The molecule has 1 aliphatic heterocycles. The van der Waals surface area contributed by atoms with E-state index in [4.69, 9.17) is 32.7 Å². The van der Waals surface area contributed by atoms with E-state index in [0.29, 0.717) is 36.0 Å². The molecule has 1 saturated heterocycles. The van der Waals surface area contributed by atoms with Crippen LogP contribution >= 0.6 is 23.2 Å². The van der Waals surface area contributed by atoms with Gasteiger partial charge in [-0.1, -0.05) is 29.3 Å². The zero-order chi connectivity index (χ0) is 21.7. The Balaban J connectivity index is 1.61. The van der Waals surface area contributed by atoms with Gasteiger partial charge >= 0.3 is 0 Å². The van der Waals surface area contributed by atoms with Crippen LogP contribution in [0.2, 0.25) is 10.0 Å². The van der Waals surface area contributed by atoms with E-state index in [1.807, 2.05) is 0 Å². The second kappa shape index (κ2) is 10.1. The van der Waals surface area contributed by atoms with Gasteiger partial charge in [-0.3, -0.25) is 9.59 Å². The third-order valence-electron chi connectivity index (χ3n) is 4.59. The molecule has 8 heteroatoms. The summed E-state index contributed by atoms with van der Waals surface area (Å²) in [7, 11) is 0. The molecule has 0 aromatic heterocycles. The average Bonchev–Trinajstić information content (AvgIpc) is 2.72. The molecule has 0 aliphatic carbocycles. The van der Waals surface area contributed by atoms with Gasteiger partial charge in [0.25, 0.3) is 0 Å². The Hall–Kier alpha value is -2.41. The van der Waals surface area contributed by atoms with Gasteiger partial charge in [0.05, 0.1) is 23.7 Å². The van der Waals surface area contributed by atoms with Crippen molar-refractivity contribution in [3.63, 3.8) is 0 Å². The number of Topliss-reactive ketones (excluding diaryl/α,β-unsaturated/α-hetero) is 1. The van der Waals surface area contributed by atoms with Crippen LogP contribution in [0, 0.1) is 5.82 Å². The average molecular weight is 452 g/mol. The van der Waals surface area contributed by atoms with Crippen molar-refractivity contribution in [2.24, 2.45) is 0 Å². The molecule has 0 saturated carbocycles. The van der Waals surface area contributed by atoms with Crippen LogP contribution in [0.15, 0.2) is 42.5 Å². The Morgan fingerprint density at radius 3 is 2.83 bits per heavy atom. The highest BCUT2D eigenvalue weighted by Crippen LogP contribution is 2.24. The SMILES string of the molecule is CC(=O)c1cc(Cl)ccc1OCC1CN(C(=O)/C=C/c2c(F)cccc2Cl)CCO1. The molecule has 0 bridgehead atoms. The van der Waals surface area contributed by atoms with Crippen molar-refractivity contribution in [2.45, 2.75) is 13.0 Å². The summed E-state index contributed by atoms with van der Waals surface area (Å²) >= 11 is 11.9. The monoisotopic (exact) mass is 451 g/mol. The first-order chi connectivity index (χ1) is 14.3. The van der Waals surface area contributed by atoms with Gasteiger partial charge in [-0.15, -0.1) is 0 Å². The zero-order valence-corrected chi connectivity index (χ0v) is 17.8. The van der Waals surface area contributed by atoms with E-state index in [2.05, 4.69) is 0 Å². The quantitative estimate of drug-likeness (QED) is 0.473. The molecular weight excluding hydrogens is 432 g/mol. The molecule has 1 heterocycles. The summed E-state index contributed by atoms with van der Waals surface area (Å²) in [6, 6.07) is 9.16. The first-order valence-corrected chi connectivity index (χ1v) is 10.1. The van der Waals surface area contributed by atoms with E-state index in [1.54, 1.807) is 29.2 Å². The fourth-order valence-electron chi connectivity index (χ4n) is 3.04. The summed E-state index contributed by atoms with van der Waals surface area (Å²) in [4.78, 5) is 25.9. The minimum Gasteiger partial charge on any atom is -0.490 e. The Kier molecular flexibility index (Phi) is 7.48. The van der Waals surface area contributed by atoms with Gasteiger partial charge in [0.2, 0.25) is 5.91 Å². The number of morpholine rings is 1. The number of benzene rings is 2. The van der Waals surface area contributed by atoms with E-state index in [-0.39, 0.29) is 35.0 Å². The second-order valence-corrected chi connectivity index (χ2v) is 7.60. The van der Waals surface area contributed by atoms with Crippen molar-refractivity contribution in [1.82, 2.24) is 4.90 Å². The molecule has 1 fully saturated rings. The molecule has 3 rings (SSSR count). The van der Waals surface area contributed by atoms with Crippen molar-refractivity contribution >= 4 is 41.0 Å². The van der Waals surface area contributed by atoms with Crippen LogP contribution in [0.25, 0.3) is 6.08 Å². The van der Waals surface area contributed by atoms with Gasteiger partial charge < -0.3 is 14.4 Å². The predicted molar refractivity (Wildman–Crippen MR) is 114 cm³/mol. The number of hydrogen-bond acceptors (Lipinski definition) is 4. The minimum atomic E-state index is -0.496. The summed E-state index contributed by atoms with van der Waals surface area (Å²) in [5.41, 5.74) is 0.552. The fraction of sp³-hybridized carbons (Fsp3) is 0.273. The Morgan fingerprint density at radius 2 is 2.10 bits per heavy atom. The van der Waals surface area contributed by atoms with E-state index in [9.17, 15) is 14.0 Å². The van der Waals surface area contributed by atoms with Crippen LogP contribution in [0.3, 0.4) is 0 Å². The normalized spacial score (nSPS) is 16.7. The highest BCUT2D eigenvalue weighted by atomic mass is 35.5. The number of carbonyl (C=O) groups excluding carboxylic acids is 2. The Labute approximate surface area is 184 Å². The van der Waals surface area contributed by atoms with Gasteiger partial charge in [-0.2, -0.15) is 0 Å². The molecule has 0 N–H and O–H groups in total. The number of ketones is 1. The summed E-state index contributed by atoms with van der Waals surface area (Å²) in [6.45, 7) is 2.65. The van der Waals surface area contributed by atoms with Crippen LogP contribution in [-0.2, 0) is 9.53 Å². The molecule has 1 aliphatic rings. The topological polar surface area (TPSA) is 55.8 Å². The van der Waals surface area contributed by atoms with Crippen LogP contribution in [0.1, 0.15) is 22.8 Å². The van der Waals surface area contributed by atoms with Crippen molar-refractivity contribution in [3.8, 4) is 5.75 Å². The standard InChI is InChI=1S/C22H20Cl2FNO4/c1-14(27)18-11-15(23)5-7-21(18)30-13-16-12-26(9-10-29-16)22(28)8-6-17-19(24)3-2-4-20(17)25/h2-8,11,16H,9-10,12-13H2,1H3/b8-6+. The number of halogens is 3. The first kappa shape index (κ1) is 22.3. The number of ether oxygens (including phenoxy) is 2. The lowest BCUT2D eigenvalue weighted by atomic mass is 10.1. The van der Waals surface area contributed by atoms with Crippen molar-refractivity contribution in [1.29, 1.82) is 0 Å². The second-order valence-electron chi connectivity index (χ2n) is 6.75. The van der Waals surface area contributed by atoms with E-state index in [0.717, 1.165) is 0 Å². The van der Waals surface area contributed by atoms with Crippen molar-refractivity contribution in [3.05, 3.63) is 69.5 Å². The molecule has 1 amide bonds. The Bertz CT molecular complexity index is 959. The van der Waals surface area contributed by atoms with Crippen molar-refractivity contribution < 1.29 is 23.5 Å². The van der Waals surface area contributed by atoms with Gasteiger partial charge in [0.1, 0.15) is 24.3 Å². The summed E-state index contributed by atoms with van der Waals surface area (Å²) in [6.07, 6.45) is 2.29. The van der Waals surface area contributed by atoms with Crippen LogP contribution < -0.4 is 4.74 Å². The van der Waals surface area contributed by atoms with Gasteiger partial charge in [-0.05, 0) is 43.3 Å². The van der Waals surface area contributed by atoms with Crippen LogP contribution in [0.5, 0.6) is 5.75 Å². The number of rotatable bonds is 6. The smallest absolute Gasteiger partial charge is 0.246 e. The predicted octanol–water partition coefficient (Wildman–Crippen LogP) is 4.65. The number of carbonyl (C=O) groups is 2. The fourth-order valence-corrected chi connectivity index (χ4v) is 3.43. The lowest BCUT2D eigenvalue weighted by Crippen LogP contribution is -2.47. The Morgan fingerprint density at radius 1 is 1.30 bits per heavy atom. The molecule has 158 valence electrons. The van der Waals surface area contributed by atoms with E-state index >= 15 is 0 Å².